The molecule has 0 radical (unpaired) electrons. The van der Waals surface area contributed by atoms with Crippen LogP contribution in [-0.2, 0) is 22.2 Å². The van der Waals surface area contributed by atoms with E-state index in [9.17, 15) is 44.3 Å². The number of nitrogens with two attached hydrogens (primary N) is 3. The zero-order chi connectivity index (χ0) is 51.7. The van der Waals surface area contributed by atoms with Gasteiger partial charge in [0.05, 0.1) is 28.0 Å². The average molecular weight is 1010 g/mol. The number of nitrogen functional groups attached to an aromatic ring is 3. The van der Waals surface area contributed by atoms with E-state index in [2.05, 4.69) is 71.1 Å². The van der Waals surface area contributed by atoms with Gasteiger partial charge in [-0.15, -0.1) is 0 Å². The van der Waals surface area contributed by atoms with Crippen molar-refractivity contribution in [2.45, 2.75) is 24.4 Å². The van der Waals surface area contributed by atoms with Crippen LogP contribution in [0, 0.1) is 0 Å². The Labute approximate surface area is 406 Å². The van der Waals surface area contributed by atoms with Crippen molar-refractivity contribution in [2.75, 3.05) is 105 Å². The molecule has 2 saturated heterocycles. The molecule has 2 fully saturated rings. The Morgan fingerprint density at radius 1 is 0.577 bits per heavy atom. The van der Waals surface area contributed by atoms with Crippen LogP contribution in [0.2, 0.25) is 0 Å². The first-order chi connectivity index (χ1) is 33.5. The summed E-state index contributed by atoms with van der Waals surface area (Å²) in [5, 5.41) is 2.42. The summed E-state index contributed by atoms with van der Waals surface area (Å²) in [6.45, 7) is 9.80. The van der Waals surface area contributed by atoms with Crippen molar-refractivity contribution in [1.29, 1.82) is 0 Å². The fraction of sp³-hybridized carbons (Fsp3) is 0.292. The molecule has 6 aromatic rings. The standard InChI is InChI=1S/C23H23F3N6O.C14H12F3N3O3S.C11H17N3/c1-31-10-12-32(13-11-31)16-8-6-15(7-9-16)29-22-28-14-18(21(27)30-22)20(33)17-4-2-3-5-19(17)23(24,25)26;1-2-24(22,23)13-19-7-9(12(18)20-13)11(21)8-5-3-4-6-10(8)14(15,16)17;1-13-6-8-14(9-7-13)11-4-2-10(12)3-5-11/h2-9,14H,10-13H2,1H3,(H3,27,28,29,30);3-7H,2H2,1H3,(H2,18,19,20);2-5H,6-9,12H2,1H3. The van der Waals surface area contributed by atoms with Gasteiger partial charge in [0.1, 0.15) is 11.6 Å². The molecule has 4 aromatic carbocycles. The van der Waals surface area contributed by atoms with E-state index in [1.165, 1.54) is 30.8 Å². The van der Waals surface area contributed by atoms with E-state index in [0.717, 1.165) is 106 Å². The molecule has 376 valence electrons. The van der Waals surface area contributed by atoms with Gasteiger partial charge < -0.3 is 42.1 Å². The number of nitrogens with zero attached hydrogens (tertiary/aromatic N) is 8. The predicted molar refractivity (Wildman–Crippen MR) is 260 cm³/mol. The maximum absolute atomic E-state index is 13.3. The highest BCUT2D eigenvalue weighted by Gasteiger charge is 2.37. The fourth-order valence-electron chi connectivity index (χ4n) is 7.31. The molecule has 0 bridgehead atoms. The van der Waals surface area contributed by atoms with Crippen LogP contribution >= 0.6 is 0 Å². The van der Waals surface area contributed by atoms with Crippen molar-refractivity contribution >= 4 is 61.7 Å². The number of aromatic nitrogens is 4. The quantitative estimate of drug-likeness (QED) is 0.0473. The normalized spacial score (nSPS) is 14.7. The van der Waals surface area contributed by atoms with Crippen LogP contribution in [0.15, 0.2) is 115 Å². The Balaban J connectivity index is 0.000000189. The molecule has 0 saturated carbocycles. The van der Waals surface area contributed by atoms with Crippen LogP contribution in [0.25, 0.3) is 0 Å². The third kappa shape index (κ3) is 13.7. The highest BCUT2D eigenvalue weighted by Crippen LogP contribution is 2.35. The number of hydrogen-bond donors (Lipinski definition) is 4. The summed E-state index contributed by atoms with van der Waals surface area (Å²) < 4.78 is 102. The van der Waals surface area contributed by atoms with Crippen molar-refractivity contribution in [1.82, 2.24) is 29.7 Å². The Morgan fingerprint density at radius 2 is 0.986 bits per heavy atom. The van der Waals surface area contributed by atoms with Crippen LogP contribution in [0.5, 0.6) is 0 Å². The van der Waals surface area contributed by atoms with Crippen LogP contribution in [0.1, 0.15) is 49.9 Å². The summed E-state index contributed by atoms with van der Waals surface area (Å²) in [6.07, 6.45) is -7.44. The molecule has 0 spiro atoms. The second-order valence-electron chi connectivity index (χ2n) is 16.4. The smallest absolute Gasteiger partial charge is 0.399 e. The van der Waals surface area contributed by atoms with Gasteiger partial charge in [-0.05, 0) is 74.8 Å². The Morgan fingerprint density at radius 3 is 1.39 bits per heavy atom. The summed E-state index contributed by atoms with van der Waals surface area (Å²) in [4.78, 5) is 49.6. The number of piperazine rings is 2. The molecule has 0 aliphatic carbocycles. The highest BCUT2D eigenvalue weighted by atomic mass is 32.2. The summed E-state index contributed by atoms with van der Waals surface area (Å²) in [6, 6.07) is 24.6. The lowest BCUT2D eigenvalue weighted by Crippen LogP contribution is -2.44. The number of halogens is 6. The van der Waals surface area contributed by atoms with Gasteiger partial charge in [0, 0.05) is 98.6 Å². The van der Waals surface area contributed by atoms with E-state index >= 15 is 0 Å². The molecule has 23 heteroatoms. The second kappa shape index (κ2) is 22.6. The summed E-state index contributed by atoms with van der Waals surface area (Å²) in [7, 11) is 0.515. The summed E-state index contributed by atoms with van der Waals surface area (Å²) in [5.41, 5.74) is 17.2. The Hall–Kier alpha value is -7.37. The SMILES string of the molecule is CCS(=O)(=O)c1ncc(C(=O)c2ccccc2C(F)(F)F)c(N)n1.CN1CCN(c2ccc(N)cc2)CC1.CN1CCN(c2ccc(Nc3ncc(C(=O)c4ccccc4C(F)(F)F)c(N)n3)cc2)CC1. The summed E-state index contributed by atoms with van der Waals surface area (Å²) >= 11 is 0. The minimum Gasteiger partial charge on any atom is -0.399 e. The molecule has 16 nitrogen and oxygen atoms in total. The molecular weight excluding hydrogens is 955 g/mol. The van der Waals surface area contributed by atoms with Gasteiger partial charge in [-0.1, -0.05) is 43.3 Å². The minimum atomic E-state index is -4.73. The third-order valence-corrected chi connectivity index (χ3v) is 13.0. The molecule has 71 heavy (non-hydrogen) atoms. The van der Waals surface area contributed by atoms with E-state index in [1.807, 2.05) is 36.4 Å². The van der Waals surface area contributed by atoms with Gasteiger partial charge in [-0.2, -0.15) is 31.3 Å². The lowest BCUT2D eigenvalue weighted by atomic mass is 9.99. The number of carbonyl (C=O) groups is 2. The number of carbonyl (C=O) groups excluding carboxylic acids is 2. The molecule has 4 heterocycles. The largest absolute Gasteiger partial charge is 0.417 e. The topological polar surface area (TPSA) is 223 Å². The Bertz CT molecular complexity index is 2910. The number of sulfone groups is 1. The number of hydrogen-bond acceptors (Lipinski definition) is 16. The van der Waals surface area contributed by atoms with Gasteiger partial charge in [0.2, 0.25) is 20.9 Å². The molecule has 2 aliphatic rings. The van der Waals surface area contributed by atoms with Gasteiger partial charge >= 0.3 is 12.4 Å². The lowest BCUT2D eigenvalue weighted by molar-refractivity contribution is -0.138. The third-order valence-electron chi connectivity index (χ3n) is 11.5. The number of nitrogens with one attached hydrogen (secondary N) is 1. The van der Waals surface area contributed by atoms with Crippen molar-refractivity contribution in [2.24, 2.45) is 0 Å². The number of rotatable bonds is 10. The van der Waals surface area contributed by atoms with Crippen LogP contribution in [0.4, 0.5) is 66.7 Å². The molecule has 0 atom stereocenters. The van der Waals surface area contributed by atoms with E-state index in [0.29, 0.717) is 5.69 Å². The van der Waals surface area contributed by atoms with Crippen LogP contribution in [0.3, 0.4) is 0 Å². The molecule has 0 unspecified atom stereocenters. The maximum Gasteiger partial charge on any atom is 0.417 e. The first-order valence-corrected chi connectivity index (χ1v) is 23.7. The van der Waals surface area contributed by atoms with E-state index in [-0.39, 0.29) is 23.1 Å². The zero-order valence-corrected chi connectivity index (χ0v) is 39.7. The first-order valence-electron chi connectivity index (χ1n) is 22.0. The van der Waals surface area contributed by atoms with Gasteiger partial charge in [0.25, 0.3) is 0 Å². The molecule has 7 N–H and O–H groups in total. The first kappa shape index (κ1) is 53.0. The number of benzene rings is 4. The zero-order valence-electron chi connectivity index (χ0n) is 38.9. The number of likely N-dealkylation sites (N-methyl/N-ethyl adjacent to an activating group) is 2. The lowest BCUT2D eigenvalue weighted by Gasteiger charge is -2.34. The second-order valence-corrected chi connectivity index (χ2v) is 18.6. The van der Waals surface area contributed by atoms with Gasteiger partial charge in [-0.25, -0.2) is 23.4 Å². The van der Waals surface area contributed by atoms with Gasteiger partial charge in [-0.3, -0.25) is 9.59 Å². The molecule has 8 rings (SSSR count). The average Bonchev–Trinajstić information content (AvgIpc) is 3.34. The molecule has 2 aromatic heterocycles. The van der Waals surface area contributed by atoms with Crippen molar-refractivity contribution in [3.05, 3.63) is 143 Å². The van der Waals surface area contributed by atoms with E-state index < -0.39 is 72.5 Å². The minimum absolute atomic E-state index is 0.139. The molecule has 2 aliphatic heterocycles. The Kier molecular flexibility index (Phi) is 16.9. The molecular formula is C48H52F6N12O4S. The van der Waals surface area contributed by atoms with E-state index in [1.54, 1.807) is 0 Å². The summed E-state index contributed by atoms with van der Waals surface area (Å²) in [5.74, 6) is -2.77. The predicted octanol–water partition coefficient (Wildman–Crippen LogP) is 6.93. The maximum atomic E-state index is 13.3. The monoisotopic (exact) mass is 1010 g/mol. The number of ketones is 2. The van der Waals surface area contributed by atoms with Crippen LogP contribution < -0.4 is 32.3 Å². The number of alkyl halides is 6. The molecule has 0 amide bonds. The van der Waals surface area contributed by atoms with Crippen molar-refractivity contribution < 1.29 is 44.3 Å². The highest BCUT2D eigenvalue weighted by molar-refractivity contribution is 7.91. The van der Waals surface area contributed by atoms with E-state index in [4.69, 9.17) is 17.2 Å². The number of anilines is 7. The van der Waals surface area contributed by atoms with Crippen molar-refractivity contribution in [3.8, 4) is 0 Å². The van der Waals surface area contributed by atoms with Crippen LogP contribution in [-0.4, -0.2) is 122 Å². The van der Waals surface area contributed by atoms with Gasteiger partial charge in [0.15, 0.2) is 11.6 Å². The fourth-order valence-corrected chi connectivity index (χ4v) is 8.02. The van der Waals surface area contributed by atoms with Crippen molar-refractivity contribution in [3.63, 3.8) is 0 Å².